The van der Waals surface area contributed by atoms with Crippen LogP contribution in [0.15, 0.2) is 48.5 Å². The predicted molar refractivity (Wildman–Crippen MR) is 105 cm³/mol. The molecule has 0 unspecified atom stereocenters. The molecule has 0 aliphatic heterocycles. The lowest BCUT2D eigenvalue weighted by molar-refractivity contribution is -0.142. The van der Waals surface area contributed by atoms with Crippen molar-refractivity contribution >= 4 is 35.1 Å². The zero-order valence-electron chi connectivity index (χ0n) is 15.5. The Bertz CT molecular complexity index is 839. The Balaban J connectivity index is 2.08. The van der Waals surface area contributed by atoms with Crippen molar-refractivity contribution in [2.24, 2.45) is 0 Å². The van der Waals surface area contributed by atoms with Crippen LogP contribution in [0.1, 0.15) is 24.9 Å². The van der Waals surface area contributed by atoms with Gasteiger partial charge in [0.15, 0.2) is 0 Å². The fourth-order valence-corrected chi connectivity index (χ4v) is 2.73. The number of hydrogen-bond donors (Lipinski definition) is 2. The number of ether oxygens (including phenoxy) is 2. The van der Waals surface area contributed by atoms with Gasteiger partial charge in [0.2, 0.25) is 0 Å². The van der Waals surface area contributed by atoms with E-state index in [1.807, 2.05) is 6.92 Å². The highest BCUT2D eigenvalue weighted by atomic mass is 35.5. The molecule has 28 heavy (non-hydrogen) atoms. The number of carbonyl (C=O) groups is 3. The second-order valence-corrected chi connectivity index (χ2v) is 6.15. The minimum absolute atomic E-state index is 0.164. The molecule has 0 radical (unpaired) electrons. The van der Waals surface area contributed by atoms with Crippen LogP contribution in [0.3, 0.4) is 0 Å². The molecule has 0 saturated heterocycles. The van der Waals surface area contributed by atoms with E-state index in [1.165, 1.54) is 7.11 Å². The summed E-state index contributed by atoms with van der Waals surface area (Å²) in [6, 6.07) is 12.5. The van der Waals surface area contributed by atoms with Crippen LogP contribution in [0.25, 0.3) is 0 Å². The number of benzene rings is 2. The zero-order chi connectivity index (χ0) is 20.5. The molecule has 0 bridgehead atoms. The molecule has 0 heterocycles. The van der Waals surface area contributed by atoms with E-state index in [4.69, 9.17) is 16.3 Å². The standard InChI is InChI=1S/C20H21ClN2O5/c1-3-28-14-10-8-13(9-11-14)22-19(25)20(26)23-17(12-18(24)27-2)15-6-4-5-7-16(15)21/h4-11,17H,3,12H2,1-2H3,(H,22,25)(H,23,26)/t17-/m1/s1. The van der Waals surface area contributed by atoms with E-state index in [9.17, 15) is 14.4 Å². The summed E-state index contributed by atoms with van der Waals surface area (Å²) in [7, 11) is 1.24. The second kappa shape index (κ2) is 10.3. The first kappa shape index (κ1) is 21.2. The molecule has 8 heteroatoms. The topological polar surface area (TPSA) is 93.7 Å². The SMILES string of the molecule is CCOc1ccc(NC(=O)C(=O)N[C@H](CC(=O)OC)c2ccccc2Cl)cc1. The van der Waals surface area contributed by atoms with E-state index in [0.29, 0.717) is 28.6 Å². The Hall–Kier alpha value is -3.06. The summed E-state index contributed by atoms with van der Waals surface area (Å²) in [4.78, 5) is 36.3. The Morgan fingerprint density at radius 2 is 1.71 bits per heavy atom. The smallest absolute Gasteiger partial charge is 0.313 e. The molecule has 0 fully saturated rings. The lowest BCUT2D eigenvalue weighted by Crippen LogP contribution is -2.38. The van der Waals surface area contributed by atoms with Crippen LogP contribution >= 0.6 is 11.6 Å². The van der Waals surface area contributed by atoms with Crippen molar-refractivity contribution in [1.82, 2.24) is 5.32 Å². The zero-order valence-corrected chi connectivity index (χ0v) is 16.3. The number of rotatable bonds is 7. The van der Waals surface area contributed by atoms with Crippen molar-refractivity contribution in [3.8, 4) is 5.75 Å². The van der Waals surface area contributed by atoms with Crippen LogP contribution in [-0.2, 0) is 19.1 Å². The van der Waals surface area contributed by atoms with Gasteiger partial charge in [-0.1, -0.05) is 29.8 Å². The number of hydrogen-bond acceptors (Lipinski definition) is 5. The molecule has 0 saturated carbocycles. The number of methoxy groups -OCH3 is 1. The third-order valence-corrected chi connectivity index (χ3v) is 4.16. The largest absolute Gasteiger partial charge is 0.494 e. The molecule has 0 aliphatic carbocycles. The first-order valence-corrected chi connectivity index (χ1v) is 8.98. The van der Waals surface area contributed by atoms with E-state index in [0.717, 1.165) is 0 Å². The van der Waals surface area contributed by atoms with Crippen molar-refractivity contribution in [1.29, 1.82) is 0 Å². The van der Waals surface area contributed by atoms with Gasteiger partial charge in [-0.05, 0) is 42.8 Å². The number of halogens is 1. The van der Waals surface area contributed by atoms with E-state index in [-0.39, 0.29) is 6.42 Å². The highest BCUT2D eigenvalue weighted by Gasteiger charge is 2.24. The quantitative estimate of drug-likeness (QED) is 0.546. The van der Waals surface area contributed by atoms with Crippen LogP contribution in [0, 0.1) is 0 Å². The molecule has 0 aliphatic rings. The molecule has 2 aromatic rings. The lowest BCUT2D eigenvalue weighted by Gasteiger charge is -2.19. The van der Waals surface area contributed by atoms with E-state index < -0.39 is 23.8 Å². The summed E-state index contributed by atoms with van der Waals surface area (Å²) in [5.41, 5.74) is 0.947. The molecule has 2 rings (SSSR count). The number of carbonyl (C=O) groups excluding carboxylic acids is 3. The Morgan fingerprint density at radius 1 is 1.04 bits per heavy atom. The van der Waals surface area contributed by atoms with Crippen LogP contribution in [0.5, 0.6) is 5.75 Å². The average molecular weight is 405 g/mol. The lowest BCUT2D eigenvalue weighted by atomic mass is 10.0. The van der Waals surface area contributed by atoms with Gasteiger partial charge in [0.1, 0.15) is 5.75 Å². The first-order valence-electron chi connectivity index (χ1n) is 8.60. The van der Waals surface area contributed by atoms with Gasteiger partial charge in [-0.2, -0.15) is 0 Å². The second-order valence-electron chi connectivity index (χ2n) is 5.74. The van der Waals surface area contributed by atoms with Crippen molar-refractivity contribution in [3.05, 3.63) is 59.1 Å². The highest BCUT2D eigenvalue weighted by molar-refractivity contribution is 6.39. The number of esters is 1. The van der Waals surface area contributed by atoms with Crippen LogP contribution < -0.4 is 15.4 Å². The van der Waals surface area contributed by atoms with Crippen molar-refractivity contribution in [2.45, 2.75) is 19.4 Å². The molecule has 148 valence electrons. The van der Waals surface area contributed by atoms with Crippen molar-refractivity contribution < 1.29 is 23.9 Å². The van der Waals surface area contributed by atoms with Crippen molar-refractivity contribution in [2.75, 3.05) is 19.0 Å². The summed E-state index contributed by atoms with van der Waals surface area (Å²) in [5, 5.41) is 5.39. The summed E-state index contributed by atoms with van der Waals surface area (Å²) in [5.74, 6) is -1.66. The monoisotopic (exact) mass is 404 g/mol. The fourth-order valence-electron chi connectivity index (χ4n) is 2.46. The van der Waals surface area contributed by atoms with Gasteiger partial charge in [0, 0.05) is 10.7 Å². The molecule has 2 aromatic carbocycles. The van der Waals surface area contributed by atoms with Gasteiger partial charge >= 0.3 is 17.8 Å². The third-order valence-electron chi connectivity index (χ3n) is 3.81. The fraction of sp³-hybridized carbons (Fsp3) is 0.250. The van der Waals surface area contributed by atoms with Crippen molar-refractivity contribution in [3.63, 3.8) is 0 Å². The number of anilines is 1. The predicted octanol–water partition coefficient (Wildman–Crippen LogP) is 3.10. The third kappa shape index (κ3) is 5.99. The maximum absolute atomic E-state index is 12.3. The van der Waals surface area contributed by atoms with E-state index >= 15 is 0 Å². The van der Waals surface area contributed by atoms with E-state index in [2.05, 4.69) is 15.4 Å². The van der Waals surface area contributed by atoms with Gasteiger partial charge in [0.25, 0.3) is 0 Å². The maximum atomic E-state index is 12.3. The molecule has 1 atom stereocenters. The summed E-state index contributed by atoms with van der Waals surface area (Å²) in [6.07, 6.45) is -0.164. The van der Waals surface area contributed by atoms with Gasteiger partial charge in [0.05, 0.1) is 26.2 Å². The first-order chi connectivity index (χ1) is 13.4. The highest BCUT2D eigenvalue weighted by Crippen LogP contribution is 2.25. The Labute approximate surface area is 168 Å². The molecule has 0 aromatic heterocycles. The summed E-state index contributed by atoms with van der Waals surface area (Å²) >= 11 is 6.16. The number of nitrogens with one attached hydrogen (secondary N) is 2. The molecule has 0 spiro atoms. The van der Waals surface area contributed by atoms with Crippen LogP contribution in [0.4, 0.5) is 5.69 Å². The normalized spacial score (nSPS) is 11.2. The average Bonchev–Trinajstić information content (AvgIpc) is 2.69. The van der Waals surface area contributed by atoms with Crippen LogP contribution in [0.2, 0.25) is 5.02 Å². The Kier molecular flexibility index (Phi) is 7.83. The summed E-state index contributed by atoms with van der Waals surface area (Å²) < 4.78 is 9.99. The minimum atomic E-state index is -0.900. The maximum Gasteiger partial charge on any atom is 0.313 e. The number of amides is 2. The molecular formula is C20H21ClN2O5. The molecule has 7 nitrogen and oxygen atoms in total. The van der Waals surface area contributed by atoms with Gasteiger partial charge in [-0.3, -0.25) is 14.4 Å². The van der Waals surface area contributed by atoms with Gasteiger partial charge in [-0.15, -0.1) is 0 Å². The van der Waals surface area contributed by atoms with Crippen LogP contribution in [-0.4, -0.2) is 31.5 Å². The minimum Gasteiger partial charge on any atom is -0.494 e. The molecular weight excluding hydrogens is 384 g/mol. The molecule has 2 amide bonds. The van der Waals surface area contributed by atoms with E-state index in [1.54, 1.807) is 48.5 Å². The van der Waals surface area contributed by atoms with Gasteiger partial charge < -0.3 is 20.1 Å². The molecule has 2 N–H and O–H groups in total. The van der Waals surface area contributed by atoms with Gasteiger partial charge in [-0.25, -0.2) is 0 Å². The Morgan fingerprint density at radius 3 is 2.32 bits per heavy atom. The summed E-state index contributed by atoms with van der Waals surface area (Å²) in [6.45, 7) is 2.39.